The van der Waals surface area contributed by atoms with E-state index in [0.717, 1.165) is 37.4 Å². The lowest BCUT2D eigenvalue weighted by molar-refractivity contribution is -0.124. The second-order valence-corrected chi connectivity index (χ2v) is 5.73. The summed E-state index contributed by atoms with van der Waals surface area (Å²) in [5.74, 6) is 1.57. The van der Waals surface area contributed by atoms with Gasteiger partial charge in [-0.05, 0) is 25.7 Å². The van der Waals surface area contributed by atoms with Crippen LogP contribution in [0.15, 0.2) is 0 Å². The second kappa shape index (κ2) is 4.82. The molecule has 3 heterocycles. The molecule has 6 heteroatoms. The van der Waals surface area contributed by atoms with Crippen LogP contribution in [0, 0.1) is 24.2 Å². The van der Waals surface area contributed by atoms with Crippen LogP contribution in [0.1, 0.15) is 30.5 Å². The minimum Gasteiger partial charge on any atom is -0.355 e. The maximum absolute atomic E-state index is 11.4. The summed E-state index contributed by atoms with van der Waals surface area (Å²) in [6, 6.07) is 2.56. The second-order valence-electron chi connectivity index (χ2n) is 5.73. The van der Waals surface area contributed by atoms with E-state index >= 15 is 0 Å². The molecule has 3 rings (SSSR count). The summed E-state index contributed by atoms with van der Waals surface area (Å²) in [5.41, 5.74) is 1.45. The van der Waals surface area contributed by atoms with Gasteiger partial charge in [0.15, 0.2) is 0 Å². The van der Waals surface area contributed by atoms with Crippen LogP contribution in [-0.4, -0.2) is 34.8 Å². The molecule has 2 atom stereocenters. The summed E-state index contributed by atoms with van der Waals surface area (Å²) in [6.45, 7) is 3.61. The summed E-state index contributed by atoms with van der Waals surface area (Å²) in [4.78, 5) is 13.7. The average Bonchev–Trinajstić information content (AvgIpc) is 2.72. The largest absolute Gasteiger partial charge is 0.355 e. The van der Waals surface area contributed by atoms with Crippen LogP contribution < -0.4 is 10.2 Å². The molecule has 2 saturated heterocycles. The van der Waals surface area contributed by atoms with E-state index in [9.17, 15) is 10.1 Å². The number of piperidine rings is 2. The van der Waals surface area contributed by atoms with Crippen LogP contribution in [0.3, 0.4) is 0 Å². The van der Waals surface area contributed by atoms with Crippen molar-refractivity contribution in [2.45, 2.75) is 32.2 Å². The van der Waals surface area contributed by atoms with Crippen LogP contribution >= 0.6 is 0 Å². The zero-order chi connectivity index (χ0) is 14.3. The molecule has 0 radical (unpaired) electrons. The third-order valence-electron chi connectivity index (χ3n) is 4.43. The zero-order valence-corrected chi connectivity index (χ0v) is 11.9. The molecule has 0 bridgehead atoms. The molecule has 0 aliphatic carbocycles. The molecule has 6 nitrogen and oxygen atoms in total. The van der Waals surface area contributed by atoms with E-state index < -0.39 is 0 Å². The Morgan fingerprint density at radius 1 is 1.45 bits per heavy atom. The molecule has 20 heavy (non-hydrogen) atoms. The van der Waals surface area contributed by atoms with Crippen LogP contribution in [0.5, 0.6) is 0 Å². The van der Waals surface area contributed by atoms with E-state index in [4.69, 9.17) is 0 Å². The zero-order valence-electron chi connectivity index (χ0n) is 11.9. The third kappa shape index (κ3) is 2.03. The summed E-state index contributed by atoms with van der Waals surface area (Å²) in [5, 5.41) is 16.8. The van der Waals surface area contributed by atoms with E-state index in [0.29, 0.717) is 23.9 Å². The quantitative estimate of drug-likeness (QED) is 0.817. The molecule has 2 aliphatic heterocycles. The number of fused-ring (bicyclic) bond motifs is 1. The molecular formula is C14H19N5O. The van der Waals surface area contributed by atoms with Gasteiger partial charge in [-0.2, -0.15) is 10.4 Å². The highest BCUT2D eigenvalue weighted by Gasteiger charge is 2.35. The molecular weight excluding hydrogens is 254 g/mol. The third-order valence-corrected chi connectivity index (χ3v) is 4.43. The highest BCUT2D eigenvalue weighted by molar-refractivity contribution is 5.77. The van der Waals surface area contributed by atoms with E-state index in [2.05, 4.69) is 21.4 Å². The molecule has 1 aromatic heterocycles. The molecule has 2 aliphatic rings. The topological polar surface area (TPSA) is 74.0 Å². The Balaban J connectivity index is 1.84. The van der Waals surface area contributed by atoms with E-state index in [1.165, 1.54) is 0 Å². The van der Waals surface area contributed by atoms with Crippen molar-refractivity contribution in [2.75, 3.05) is 18.0 Å². The molecule has 0 aromatic carbocycles. The van der Waals surface area contributed by atoms with Gasteiger partial charge < -0.3 is 10.2 Å². The number of rotatable bonds is 1. The lowest BCUT2D eigenvalue weighted by Gasteiger charge is -2.42. The van der Waals surface area contributed by atoms with Crippen molar-refractivity contribution in [1.29, 1.82) is 5.26 Å². The number of carbonyl (C=O) groups excluding carboxylic acids is 1. The van der Waals surface area contributed by atoms with Gasteiger partial charge in [-0.1, -0.05) is 0 Å². The number of anilines is 1. The molecule has 2 fully saturated rings. The van der Waals surface area contributed by atoms with E-state index in [1.54, 1.807) is 4.68 Å². The minimum absolute atomic E-state index is 0.175. The smallest absolute Gasteiger partial charge is 0.220 e. The number of aryl methyl sites for hydroxylation is 2. The number of amides is 1. The fourth-order valence-electron chi connectivity index (χ4n) is 3.44. The lowest BCUT2D eigenvalue weighted by atomic mass is 9.85. The normalized spacial score (nSPS) is 25.9. The predicted molar refractivity (Wildman–Crippen MR) is 74.1 cm³/mol. The van der Waals surface area contributed by atoms with Crippen molar-refractivity contribution < 1.29 is 4.79 Å². The Hall–Kier alpha value is -2.03. The van der Waals surface area contributed by atoms with Gasteiger partial charge in [-0.15, -0.1) is 0 Å². The van der Waals surface area contributed by atoms with Crippen molar-refractivity contribution in [3.8, 4) is 6.07 Å². The summed E-state index contributed by atoms with van der Waals surface area (Å²) in [6.07, 6.45) is 2.49. The Labute approximate surface area is 118 Å². The number of hydrogen-bond acceptors (Lipinski definition) is 4. The molecule has 2 unspecified atom stereocenters. The van der Waals surface area contributed by atoms with Crippen LogP contribution in [0.25, 0.3) is 0 Å². The van der Waals surface area contributed by atoms with Crippen molar-refractivity contribution in [1.82, 2.24) is 15.1 Å². The molecule has 1 N–H and O–H groups in total. The average molecular weight is 273 g/mol. The highest BCUT2D eigenvalue weighted by atomic mass is 16.1. The van der Waals surface area contributed by atoms with Crippen LogP contribution in [0.4, 0.5) is 5.82 Å². The first-order valence-corrected chi connectivity index (χ1v) is 7.08. The van der Waals surface area contributed by atoms with Crippen LogP contribution in [0.2, 0.25) is 0 Å². The number of nitrogens with zero attached hydrogens (tertiary/aromatic N) is 4. The van der Waals surface area contributed by atoms with E-state index in [-0.39, 0.29) is 5.91 Å². The number of nitrogens with one attached hydrogen (secondary N) is 1. The number of carbonyl (C=O) groups is 1. The highest BCUT2D eigenvalue weighted by Crippen LogP contribution is 2.31. The van der Waals surface area contributed by atoms with Gasteiger partial charge in [0, 0.05) is 32.6 Å². The fourth-order valence-corrected chi connectivity index (χ4v) is 3.44. The summed E-state index contributed by atoms with van der Waals surface area (Å²) in [7, 11) is 1.89. The maximum Gasteiger partial charge on any atom is 0.220 e. The first kappa shape index (κ1) is 13.0. The van der Waals surface area contributed by atoms with Gasteiger partial charge in [-0.25, -0.2) is 0 Å². The van der Waals surface area contributed by atoms with Gasteiger partial charge in [0.1, 0.15) is 17.5 Å². The number of hydrogen-bond donors (Lipinski definition) is 1. The van der Waals surface area contributed by atoms with Gasteiger partial charge in [0.2, 0.25) is 5.91 Å². The van der Waals surface area contributed by atoms with E-state index in [1.807, 2.05) is 14.0 Å². The predicted octanol–water partition coefficient (Wildman–Crippen LogP) is 0.705. The molecule has 0 saturated carbocycles. The van der Waals surface area contributed by atoms with Crippen molar-refractivity contribution >= 4 is 11.7 Å². The first-order chi connectivity index (χ1) is 9.60. The van der Waals surface area contributed by atoms with Gasteiger partial charge in [-0.3, -0.25) is 9.48 Å². The number of nitriles is 1. The van der Waals surface area contributed by atoms with Crippen LogP contribution in [-0.2, 0) is 11.8 Å². The van der Waals surface area contributed by atoms with Gasteiger partial charge >= 0.3 is 0 Å². The molecule has 1 aromatic rings. The van der Waals surface area contributed by atoms with Gasteiger partial charge in [0.05, 0.1) is 5.69 Å². The standard InChI is InChI=1S/C14H19N5O/c1-9-11(7-15)14(18(2)17-9)19-6-5-12-10(8-19)3-4-13(20)16-12/h10,12H,3-6,8H2,1-2H3,(H,16,20). The Morgan fingerprint density at radius 3 is 3.00 bits per heavy atom. The Kier molecular flexibility index (Phi) is 3.13. The van der Waals surface area contributed by atoms with Crippen molar-refractivity contribution in [3.05, 3.63) is 11.3 Å². The van der Waals surface area contributed by atoms with Crippen molar-refractivity contribution in [3.63, 3.8) is 0 Å². The lowest BCUT2D eigenvalue weighted by Crippen LogP contribution is -2.54. The molecule has 106 valence electrons. The van der Waals surface area contributed by atoms with Crippen molar-refractivity contribution in [2.24, 2.45) is 13.0 Å². The minimum atomic E-state index is 0.175. The monoisotopic (exact) mass is 273 g/mol. The fraction of sp³-hybridized carbons (Fsp3) is 0.643. The molecule has 1 amide bonds. The maximum atomic E-state index is 11.4. The Bertz CT molecular complexity index is 585. The summed E-state index contributed by atoms with van der Waals surface area (Å²) >= 11 is 0. The Morgan fingerprint density at radius 2 is 2.25 bits per heavy atom. The number of aromatic nitrogens is 2. The first-order valence-electron chi connectivity index (χ1n) is 7.08. The SMILES string of the molecule is Cc1nn(C)c(N2CCC3NC(=O)CCC3C2)c1C#N. The summed E-state index contributed by atoms with van der Waals surface area (Å²) < 4.78 is 1.80. The molecule has 0 spiro atoms. The van der Waals surface area contributed by atoms with Gasteiger partial charge in [0.25, 0.3) is 0 Å².